The molecule has 0 spiro atoms. The van der Waals surface area contributed by atoms with Crippen LogP contribution in [0.3, 0.4) is 0 Å². The molecule has 0 radical (unpaired) electrons. The topological polar surface area (TPSA) is 164 Å². The highest BCUT2D eigenvalue weighted by molar-refractivity contribution is 5.92. The van der Waals surface area contributed by atoms with Crippen molar-refractivity contribution in [3.05, 3.63) is 11.6 Å². The smallest absolute Gasteiger partial charge is 0.323 e. The zero-order valence-electron chi connectivity index (χ0n) is 20.5. The van der Waals surface area contributed by atoms with Crippen LogP contribution in [0.15, 0.2) is 11.6 Å². The number of hydrogen-bond acceptors (Lipinski definition) is 8. The number of fused-ring (bicyclic) bond motifs is 5. The number of Topliss-reactive ketones (excluding diaryl/α,β-unsaturated/α-hetero) is 1. The molecule has 9 nitrogen and oxygen atoms in total. The Morgan fingerprint density at radius 1 is 1.20 bits per heavy atom. The summed E-state index contributed by atoms with van der Waals surface area (Å²) in [6, 6.07) is -1.16. The first-order chi connectivity index (χ1) is 16.3. The van der Waals surface area contributed by atoms with E-state index in [1.807, 2.05) is 6.92 Å². The molecule has 0 aromatic rings. The molecule has 194 valence electrons. The molecular formula is C26H37NO8. The Bertz CT molecular complexity index is 961. The van der Waals surface area contributed by atoms with Gasteiger partial charge in [0.15, 0.2) is 12.4 Å². The van der Waals surface area contributed by atoms with Crippen LogP contribution in [0.2, 0.25) is 0 Å². The fourth-order valence-electron chi connectivity index (χ4n) is 7.91. The molecule has 0 heterocycles. The Hall–Kier alpha value is -2.10. The minimum absolute atomic E-state index is 0.0226. The van der Waals surface area contributed by atoms with E-state index >= 15 is 0 Å². The number of esters is 1. The van der Waals surface area contributed by atoms with Crippen LogP contribution in [0.1, 0.15) is 71.6 Å². The molecule has 3 fully saturated rings. The second-order valence-electron chi connectivity index (χ2n) is 11.5. The first-order valence-corrected chi connectivity index (χ1v) is 12.6. The third-order valence-corrected chi connectivity index (χ3v) is 9.83. The van der Waals surface area contributed by atoms with Gasteiger partial charge in [0.05, 0.1) is 6.10 Å². The zero-order valence-corrected chi connectivity index (χ0v) is 20.5. The van der Waals surface area contributed by atoms with Gasteiger partial charge < -0.3 is 25.8 Å². The molecule has 0 aromatic heterocycles. The summed E-state index contributed by atoms with van der Waals surface area (Å²) in [6.45, 7) is 3.36. The number of aliphatic hydroxyl groups excluding tert-OH is 1. The number of nitrogens with two attached hydrogens (primary N) is 1. The van der Waals surface area contributed by atoms with E-state index in [9.17, 15) is 29.4 Å². The van der Waals surface area contributed by atoms with Gasteiger partial charge in [0.2, 0.25) is 5.78 Å². The Labute approximate surface area is 205 Å². The van der Waals surface area contributed by atoms with Crippen LogP contribution in [0, 0.1) is 28.6 Å². The molecular weight excluding hydrogens is 454 g/mol. The van der Waals surface area contributed by atoms with Gasteiger partial charge >= 0.3 is 11.9 Å². The average Bonchev–Trinajstić information content (AvgIpc) is 3.06. The maximum absolute atomic E-state index is 13.2. The number of aliphatic carboxylic acids is 1. The van der Waals surface area contributed by atoms with Crippen molar-refractivity contribution in [3.8, 4) is 0 Å². The van der Waals surface area contributed by atoms with Crippen molar-refractivity contribution >= 4 is 23.5 Å². The van der Waals surface area contributed by atoms with E-state index in [2.05, 4.69) is 6.92 Å². The molecule has 0 amide bonds. The van der Waals surface area contributed by atoms with Gasteiger partial charge in [-0.1, -0.05) is 19.4 Å². The maximum atomic E-state index is 13.2. The Kier molecular flexibility index (Phi) is 6.74. The highest BCUT2D eigenvalue weighted by Crippen LogP contribution is 2.67. The number of carboxylic acids is 1. The van der Waals surface area contributed by atoms with E-state index in [4.69, 9.17) is 15.6 Å². The SMILES string of the molecule is C[C@]12CCC(=O)C=C1CC[C@@H]1[C@@H]2[C@@H](O)C[C@@]2(C)[C@H]1CC[C@]2(O)C(=O)COC(=O)[C@@H](N)CCC(=O)O. The monoisotopic (exact) mass is 491 g/mol. The quantitative estimate of drug-likeness (QED) is 0.386. The van der Waals surface area contributed by atoms with Gasteiger partial charge in [-0.25, -0.2) is 0 Å². The van der Waals surface area contributed by atoms with Crippen LogP contribution in [-0.4, -0.2) is 63.2 Å². The zero-order chi connectivity index (χ0) is 25.8. The molecule has 0 bridgehead atoms. The van der Waals surface area contributed by atoms with E-state index < -0.39 is 47.5 Å². The number of aliphatic hydroxyl groups is 2. The number of ether oxygens (including phenoxy) is 1. The molecule has 0 aliphatic heterocycles. The average molecular weight is 492 g/mol. The minimum atomic E-state index is -1.74. The van der Waals surface area contributed by atoms with E-state index in [0.717, 1.165) is 18.4 Å². The molecule has 4 aliphatic rings. The third kappa shape index (κ3) is 4.15. The van der Waals surface area contributed by atoms with Crippen LogP contribution in [-0.2, 0) is 23.9 Å². The largest absolute Gasteiger partial charge is 0.481 e. The summed E-state index contributed by atoms with van der Waals surface area (Å²) >= 11 is 0. The number of carbonyl (C=O) groups is 4. The van der Waals surface area contributed by atoms with Crippen LogP contribution in [0.5, 0.6) is 0 Å². The van der Waals surface area contributed by atoms with Crippen molar-refractivity contribution in [2.24, 2.45) is 34.3 Å². The Morgan fingerprint density at radius 2 is 1.91 bits per heavy atom. The predicted molar refractivity (Wildman–Crippen MR) is 124 cm³/mol. The van der Waals surface area contributed by atoms with Gasteiger partial charge in [-0.2, -0.15) is 0 Å². The summed E-state index contributed by atoms with van der Waals surface area (Å²) in [5.74, 6) is -2.32. The number of allylic oxidation sites excluding steroid dienone is 1. The third-order valence-electron chi connectivity index (χ3n) is 9.83. The lowest BCUT2D eigenvalue weighted by molar-refractivity contribution is -0.184. The molecule has 8 atom stereocenters. The van der Waals surface area contributed by atoms with Crippen molar-refractivity contribution in [1.82, 2.24) is 0 Å². The lowest BCUT2D eigenvalue weighted by Crippen LogP contribution is -2.62. The van der Waals surface area contributed by atoms with Gasteiger partial charge in [0, 0.05) is 18.3 Å². The first kappa shape index (κ1) is 26.0. The number of carbonyl (C=O) groups excluding carboxylic acids is 3. The van der Waals surface area contributed by atoms with Crippen molar-refractivity contribution in [3.63, 3.8) is 0 Å². The second kappa shape index (κ2) is 9.09. The summed E-state index contributed by atoms with van der Waals surface area (Å²) in [5.41, 5.74) is 3.91. The lowest BCUT2D eigenvalue weighted by Gasteiger charge is -2.60. The molecule has 0 saturated heterocycles. The summed E-state index contributed by atoms with van der Waals surface area (Å²) in [6.07, 6.45) is 4.51. The van der Waals surface area contributed by atoms with E-state index in [1.54, 1.807) is 6.08 Å². The first-order valence-electron chi connectivity index (χ1n) is 12.6. The van der Waals surface area contributed by atoms with Crippen molar-refractivity contribution in [2.45, 2.75) is 89.4 Å². The second-order valence-corrected chi connectivity index (χ2v) is 11.5. The molecule has 35 heavy (non-hydrogen) atoms. The van der Waals surface area contributed by atoms with E-state index in [1.165, 1.54) is 0 Å². The van der Waals surface area contributed by atoms with Crippen LogP contribution >= 0.6 is 0 Å². The van der Waals surface area contributed by atoms with Crippen molar-refractivity contribution in [2.75, 3.05) is 6.61 Å². The highest BCUT2D eigenvalue weighted by Gasteiger charge is 2.68. The number of ketones is 2. The highest BCUT2D eigenvalue weighted by atomic mass is 16.5. The number of carboxylic acid groups (broad SMARTS) is 1. The Balaban J connectivity index is 1.49. The molecule has 0 aromatic carbocycles. The van der Waals surface area contributed by atoms with Crippen LogP contribution in [0.25, 0.3) is 0 Å². The molecule has 4 aliphatic carbocycles. The normalized spacial score (nSPS) is 41.2. The van der Waals surface area contributed by atoms with Crippen molar-refractivity contribution < 1.29 is 39.2 Å². The molecule has 4 rings (SSSR count). The van der Waals surface area contributed by atoms with Crippen molar-refractivity contribution in [1.29, 1.82) is 0 Å². The summed E-state index contributed by atoms with van der Waals surface area (Å²) < 4.78 is 5.06. The van der Waals surface area contributed by atoms with Crippen LogP contribution < -0.4 is 5.73 Å². The van der Waals surface area contributed by atoms with Gasteiger partial charge in [-0.15, -0.1) is 0 Å². The summed E-state index contributed by atoms with van der Waals surface area (Å²) in [5, 5.41) is 31.8. The van der Waals surface area contributed by atoms with Crippen LogP contribution in [0.4, 0.5) is 0 Å². The van der Waals surface area contributed by atoms with Gasteiger partial charge in [-0.05, 0) is 74.2 Å². The summed E-state index contributed by atoms with van der Waals surface area (Å²) in [7, 11) is 0. The number of hydrogen-bond donors (Lipinski definition) is 4. The van der Waals surface area contributed by atoms with Gasteiger partial charge in [0.1, 0.15) is 11.6 Å². The fourth-order valence-corrected chi connectivity index (χ4v) is 7.91. The van der Waals surface area contributed by atoms with E-state index in [0.29, 0.717) is 19.3 Å². The fraction of sp³-hybridized carbons (Fsp3) is 0.769. The summed E-state index contributed by atoms with van der Waals surface area (Å²) in [4.78, 5) is 48.1. The maximum Gasteiger partial charge on any atom is 0.323 e. The molecule has 9 heteroatoms. The Morgan fingerprint density at radius 3 is 2.60 bits per heavy atom. The lowest BCUT2D eigenvalue weighted by atomic mass is 9.45. The predicted octanol–water partition coefficient (Wildman–Crippen LogP) is 1.52. The molecule has 5 N–H and O–H groups in total. The van der Waals surface area contributed by atoms with Gasteiger partial charge in [-0.3, -0.25) is 19.2 Å². The van der Waals surface area contributed by atoms with Gasteiger partial charge in [0.25, 0.3) is 0 Å². The number of rotatable bonds is 7. The molecule has 0 unspecified atom stereocenters. The molecule has 3 saturated carbocycles. The minimum Gasteiger partial charge on any atom is -0.481 e. The standard InChI is InChI=1S/C26H37NO8/c1-24-9-7-15(28)11-14(24)3-4-16-17-8-10-26(34,25(17,2)12-19(29)22(16)24)20(30)13-35-23(33)18(27)5-6-21(31)32/h11,16-19,22,29,34H,3-10,12-13,27H2,1-2H3,(H,31,32)/t16-,17-,18-,19-,22+,24-,25-,26-/m0/s1. The van der Waals surface area contributed by atoms with E-state index in [-0.39, 0.29) is 54.6 Å².